The number of nitrogens with one attached hydrogen (secondary N) is 1. The molecule has 0 unspecified atom stereocenters. The van der Waals surface area contributed by atoms with Crippen LogP contribution in [0.25, 0.3) is 22.2 Å². The highest BCUT2D eigenvalue weighted by molar-refractivity contribution is 7.99. The highest BCUT2D eigenvalue weighted by Crippen LogP contribution is 2.31. The molecule has 4 aromatic rings. The van der Waals surface area contributed by atoms with Gasteiger partial charge in [0, 0.05) is 20.1 Å². The number of amides is 2. The van der Waals surface area contributed by atoms with Crippen LogP contribution in [0.1, 0.15) is 25.3 Å². The summed E-state index contributed by atoms with van der Waals surface area (Å²) in [5, 5.41) is 3.89. The van der Waals surface area contributed by atoms with Crippen molar-refractivity contribution in [3.63, 3.8) is 0 Å². The molecule has 2 heterocycles. The Morgan fingerprint density at radius 3 is 2.56 bits per heavy atom. The van der Waals surface area contributed by atoms with Gasteiger partial charge in [0.15, 0.2) is 5.16 Å². The topological polar surface area (TPSA) is 67.2 Å². The van der Waals surface area contributed by atoms with Crippen LogP contribution in [0.15, 0.2) is 84.0 Å². The van der Waals surface area contributed by atoms with Crippen molar-refractivity contribution < 1.29 is 9.59 Å². The highest BCUT2D eigenvalue weighted by Gasteiger charge is 2.45. The zero-order chi connectivity index (χ0) is 25.1. The lowest BCUT2D eigenvalue weighted by Crippen LogP contribution is -2.55. The van der Waals surface area contributed by atoms with Crippen LogP contribution >= 0.6 is 11.8 Å². The maximum Gasteiger partial charge on any atom is 0.245 e. The van der Waals surface area contributed by atoms with E-state index in [0.29, 0.717) is 19.5 Å². The van der Waals surface area contributed by atoms with E-state index in [0.717, 1.165) is 39.3 Å². The van der Waals surface area contributed by atoms with E-state index in [2.05, 4.69) is 34.6 Å². The number of aryl methyl sites for hydroxylation is 1. The van der Waals surface area contributed by atoms with Crippen molar-refractivity contribution in [1.82, 2.24) is 19.8 Å². The van der Waals surface area contributed by atoms with Gasteiger partial charge in [-0.05, 0) is 54.7 Å². The van der Waals surface area contributed by atoms with Crippen LogP contribution in [0, 0.1) is 0 Å². The number of para-hydroxylation sites is 2. The second kappa shape index (κ2) is 10.2. The number of carbonyl (C=O) groups excluding carboxylic acids is 2. The van der Waals surface area contributed by atoms with Crippen LogP contribution in [0.3, 0.4) is 0 Å². The van der Waals surface area contributed by atoms with Crippen molar-refractivity contribution in [2.45, 2.75) is 37.0 Å². The molecular formula is C29H30N4O2S. The molecular weight excluding hydrogens is 468 g/mol. The van der Waals surface area contributed by atoms with Crippen LogP contribution in [0.2, 0.25) is 0 Å². The van der Waals surface area contributed by atoms with Gasteiger partial charge in [0.1, 0.15) is 5.54 Å². The number of imidazole rings is 1. The second-order valence-electron chi connectivity index (χ2n) is 9.40. The van der Waals surface area contributed by atoms with Gasteiger partial charge >= 0.3 is 0 Å². The molecule has 6 nitrogen and oxygen atoms in total. The Morgan fingerprint density at radius 1 is 1.00 bits per heavy atom. The zero-order valence-electron chi connectivity index (χ0n) is 20.6. The number of nitrogens with zero attached hydrogens (tertiary/aromatic N) is 3. The molecule has 1 aliphatic heterocycles. The molecule has 0 spiro atoms. The van der Waals surface area contributed by atoms with Gasteiger partial charge in [0.2, 0.25) is 11.8 Å². The summed E-state index contributed by atoms with van der Waals surface area (Å²) in [6.45, 7) is 2.90. The van der Waals surface area contributed by atoms with Crippen LogP contribution in [-0.4, -0.2) is 44.1 Å². The Kier molecular flexibility index (Phi) is 6.83. The fourth-order valence-corrected chi connectivity index (χ4v) is 5.78. The normalized spacial score (nSPS) is 17.4. The molecule has 2 amide bonds. The largest absolute Gasteiger partial charge is 0.350 e. The number of fused-ring (bicyclic) bond motifs is 1. The highest BCUT2D eigenvalue weighted by atomic mass is 32.2. The Bertz CT molecular complexity index is 1400. The first-order valence-corrected chi connectivity index (χ1v) is 13.2. The lowest BCUT2D eigenvalue weighted by atomic mass is 9.97. The number of rotatable bonds is 7. The standard InChI is InChI=1S/C29H30N4O2S/c1-29(27(35)30-19-21-10-8-13-23(18-21)22-11-4-3-5-12-22)16-9-17-33(29)26(34)20-36-28-31-24-14-6-7-15-25(24)32(28)2/h3-8,10-15,18H,9,16-17,19-20H2,1-2H3,(H,30,35)/t29-/m0/s1. The summed E-state index contributed by atoms with van der Waals surface area (Å²) in [6.07, 6.45) is 1.47. The monoisotopic (exact) mass is 498 g/mol. The summed E-state index contributed by atoms with van der Waals surface area (Å²) in [5.41, 5.74) is 4.39. The molecule has 36 heavy (non-hydrogen) atoms. The Balaban J connectivity index is 1.23. The van der Waals surface area contributed by atoms with Crippen molar-refractivity contribution in [2.24, 2.45) is 7.05 Å². The fourth-order valence-electron chi connectivity index (χ4n) is 4.92. The molecule has 1 aliphatic rings. The predicted molar refractivity (Wildman–Crippen MR) is 145 cm³/mol. The van der Waals surface area contributed by atoms with Gasteiger partial charge in [0.25, 0.3) is 0 Å². The quantitative estimate of drug-likeness (QED) is 0.363. The average molecular weight is 499 g/mol. The summed E-state index contributed by atoms with van der Waals surface area (Å²) in [6, 6.07) is 26.3. The average Bonchev–Trinajstić information content (AvgIpc) is 3.47. The van der Waals surface area contributed by atoms with E-state index in [1.807, 2.05) is 73.1 Å². The first-order valence-electron chi connectivity index (χ1n) is 12.2. The van der Waals surface area contributed by atoms with E-state index < -0.39 is 5.54 Å². The van der Waals surface area contributed by atoms with Crippen LogP contribution in [0.5, 0.6) is 0 Å². The van der Waals surface area contributed by atoms with Gasteiger partial charge in [-0.1, -0.05) is 72.4 Å². The number of thioether (sulfide) groups is 1. The lowest BCUT2D eigenvalue weighted by molar-refractivity contribution is -0.142. The SMILES string of the molecule is Cn1c(SCC(=O)N2CCC[C@@]2(C)C(=O)NCc2cccc(-c3ccccc3)c2)nc2ccccc21. The van der Waals surface area contributed by atoms with Gasteiger partial charge < -0.3 is 14.8 Å². The van der Waals surface area contributed by atoms with Gasteiger partial charge in [-0.3, -0.25) is 9.59 Å². The van der Waals surface area contributed by atoms with Crippen LogP contribution < -0.4 is 5.32 Å². The van der Waals surface area contributed by atoms with Gasteiger partial charge in [-0.2, -0.15) is 0 Å². The molecule has 184 valence electrons. The number of benzene rings is 3. The molecule has 0 radical (unpaired) electrons. The first-order chi connectivity index (χ1) is 17.5. The van der Waals surface area contributed by atoms with E-state index >= 15 is 0 Å². The summed E-state index contributed by atoms with van der Waals surface area (Å²) < 4.78 is 2.01. The van der Waals surface area contributed by atoms with E-state index in [4.69, 9.17) is 0 Å². The number of hydrogen-bond acceptors (Lipinski definition) is 4. The van der Waals surface area contributed by atoms with Crippen molar-refractivity contribution in [3.8, 4) is 11.1 Å². The summed E-state index contributed by atoms with van der Waals surface area (Å²) in [7, 11) is 1.96. The summed E-state index contributed by atoms with van der Waals surface area (Å²) in [5.74, 6) is 0.110. The van der Waals surface area contributed by atoms with E-state index in [1.54, 1.807) is 4.90 Å². The maximum absolute atomic E-state index is 13.3. The smallest absolute Gasteiger partial charge is 0.245 e. The molecule has 1 aromatic heterocycles. The number of aromatic nitrogens is 2. The Labute approximate surface area is 215 Å². The fraction of sp³-hybridized carbons (Fsp3) is 0.276. The number of carbonyl (C=O) groups is 2. The maximum atomic E-state index is 13.3. The van der Waals surface area contributed by atoms with Crippen LogP contribution in [0.4, 0.5) is 0 Å². The van der Waals surface area contributed by atoms with E-state index in [1.165, 1.54) is 11.8 Å². The third-order valence-electron chi connectivity index (χ3n) is 6.99. The third-order valence-corrected chi connectivity index (χ3v) is 8.00. The minimum Gasteiger partial charge on any atom is -0.350 e. The van der Waals surface area contributed by atoms with Crippen molar-refractivity contribution in [2.75, 3.05) is 12.3 Å². The summed E-state index contributed by atoms with van der Waals surface area (Å²) >= 11 is 1.42. The second-order valence-corrected chi connectivity index (χ2v) is 10.3. The molecule has 5 rings (SSSR count). The predicted octanol–water partition coefficient (Wildman–Crippen LogP) is 5.03. The molecule has 1 saturated heterocycles. The van der Waals surface area contributed by atoms with Crippen molar-refractivity contribution >= 4 is 34.6 Å². The lowest BCUT2D eigenvalue weighted by Gasteiger charge is -2.34. The summed E-state index contributed by atoms with van der Waals surface area (Å²) in [4.78, 5) is 33.0. The Hall–Kier alpha value is -3.58. The molecule has 1 atom stereocenters. The minimum absolute atomic E-state index is 0.0340. The molecule has 0 aliphatic carbocycles. The number of likely N-dealkylation sites (tertiary alicyclic amines) is 1. The van der Waals surface area contributed by atoms with Gasteiger partial charge in [-0.15, -0.1) is 0 Å². The zero-order valence-corrected chi connectivity index (χ0v) is 21.4. The van der Waals surface area contributed by atoms with E-state index in [9.17, 15) is 9.59 Å². The minimum atomic E-state index is -0.846. The van der Waals surface area contributed by atoms with E-state index in [-0.39, 0.29) is 17.6 Å². The molecule has 1 fully saturated rings. The van der Waals surface area contributed by atoms with Crippen molar-refractivity contribution in [3.05, 3.63) is 84.4 Å². The van der Waals surface area contributed by atoms with Gasteiger partial charge in [0.05, 0.1) is 16.8 Å². The Morgan fingerprint density at radius 2 is 1.75 bits per heavy atom. The molecule has 3 aromatic carbocycles. The number of hydrogen-bond donors (Lipinski definition) is 1. The molecule has 0 bridgehead atoms. The molecule has 0 saturated carbocycles. The van der Waals surface area contributed by atoms with Gasteiger partial charge in [-0.25, -0.2) is 4.98 Å². The first kappa shape index (κ1) is 24.1. The molecule has 1 N–H and O–H groups in total. The van der Waals surface area contributed by atoms with Crippen LogP contribution in [-0.2, 0) is 23.2 Å². The molecule has 7 heteroatoms. The third kappa shape index (κ3) is 4.75. The van der Waals surface area contributed by atoms with Crippen molar-refractivity contribution in [1.29, 1.82) is 0 Å².